The van der Waals surface area contributed by atoms with Crippen molar-refractivity contribution < 1.29 is 13.9 Å². The molecule has 1 amide bonds. The van der Waals surface area contributed by atoms with Crippen LogP contribution >= 0.6 is 11.3 Å². The van der Waals surface area contributed by atoms with Gasteiger partial charge in [-0.25, -0.2) is 4.98 Å². The van der Waals surface area contributed by atoms with Gasteiger partial charge in [0, 0.05) is 12.0 Å². The van der Waals surface area contributed by atoms with Gasteiger partial charge in [0.1, 0.15) is 5.58 Å². The van der Waals surface area contributed by atoms with Crippen LogP contribution in [0.5, 0.6) is 0 Å². The van der Waals surface area contributed by atoms with Crippen LogP contribution in [0, 0.1) is 13.8 Å². The molecule has 5 nitrogen and oxygen atoms in total. The van der Waals surface area contributed by atoms with E-state index >= 15 is 0 Å². The zero-order valence-electron chi connectivity index (χ0n) is 16.5. The maximum atomic E-state index is 13.5. The van der Waals surface area contributed by atoms with Crippen LogP contribution in [0.25, 0.3) is 21.2 Å². The maximum Gasteiger partial charge on any atom is 0.295 e. The van der Waals surface area contributed by atoms with Crippen LogP contribution in [-0.4, -0.2) is 30.1 Å². The minimum absolute atomic E-state index is 0.0261. The third kappa shape index (κ3) is 3.32. The Bertz CT molecular complexity index is 1170. The molecule has 0 unspecified atom stereocenters. The number of ether oxygens (including phenoxy) is 1. The van der Waals surface area contributed by atoms with E-state index in [0.29, 0.717) is 23.0 Å². The van der Waals surface area contributed by atoms with E-state index < -0.39 is 0 Å². The van der Waals surface area contributed by atoms with Gasteiger partial charge in [-0.1, -0.05) is 35.6 Å². The van der Waals surface area contributed by atoms with Gasteiger partial charge >= 0.3 is 0 Å². The smallest absolute Gasteiger partial charge is 0.295 e. The third-order valence-electron chi connectivity index (χ3n) is 5.60. The lowest BCUT2D eigenvalue weighted by Gasteiger charge is -2.22. The molecule has 0 saturated carbocycles. The van der Waals surface area contributed by atoms with Gasteiger partial charge in [0.2, 0.25) is 0 Å². The lowest BCUT2D eigenvalue weighted by molar-refractivity contribution is 0.0896. The number of hydrogen-bond donors (Lipinski definition) is 0. The first-order valence-corrected chi connectivity index (χ1v) is 10.7. The molecule has 0 radical (unpaired) electrons. The number of aromatic nitrogens is 1. The van der Waals surface area contributed by atoms with Crippen molar-refractivity contribution in [3.05, 3.63) is 59.4 Å². The maximum absolute atomic E-state index is 13.5. The molecule has 148 valence electrons. The Labute approximate surface area is 172 Å². The Morgan fingerprint density at radius 3 is 2.90 bits per heavy atom. The van der Waals surface area contributed by atoms with Gasteiger partial charge < -0.3 is 9.15 Å². The zero-order valence-corrected chi connectivity index (χ0v) is 17.3. The number of thiazole rings is 1. The van der Waals surface area contributed by atoms with E-state index in [1.165, 1.54) is 16.9 Å². The molecule has 29 heavy (non-hydrogen) atoms. The first-order valence-electron chi connectivity index (χ1n) is 9.89. The van der Waals surface area contributed by atoms with Crippen LogP contribution in [0.15, 0.2) is 46.9 Å². The second kappa shape index (κ2) is 7.28. The molecule has 4 aromatic rings. The van der Waals surface area contributed by atoms with Crippen LogP contribution in [-0.2, 0) is 4.74 Å². The van der Waals surface area contributed by atoms with Gasteiger partial charge in [0.25, 0.3) is 5.91 Å². The lowest BCUT2D eigenvalue weighted by atomic mass is 10.1. The fourth-order valence-electron chi connectivity index (χ4n) is 3.79. The summed E-state index contributed by atoms with van der Waals surface area (Å²) in [6.45, 7) is 5.38. The summed E-state index contributed by atoms with van der Waals surface area (Å²) in [7, 11) is 0. The molecular weight excluding hydrogens is 384 g/mol. The number of carbonyl (C=O) groups excluding carboxylic acids is 1. The van der Waals surface area contributed by atoms with Crippen molar-refractivity contribution in [3.8, 4) is 0 Å². The first kappa shape index (κ1) is 18.3. The van der Waals surface area contributed by atoms with Crippen LogP contribution in [0.3, 0.4) is 0 Å². The van der Waals surface area contributed by atoms with Gasteiger partial charge in [0.15, 0.2) is 10.9 Å². The number of anilines is 1. The molecule has 0 aliphatic carbocycles. The molecule has 3 heterocycles. The van der Waals surface area contributed by atoms with E-state index in [2.05, 4.69) is 26.0 Å². The number of hydrogen-bond acceptors (Lipinski definition) is 5. The highest BCUT2D eigenvalue weighted by Crippen LogP contribution is 2.34. The molecule has 1 atom stereocenters. The normalized spacial score (nSPS) is 16.7. The van der Waals surface area contributed by atoms with Crippen molar-refractivity contribution >= 4 is 43.6 Å². The molecule has 1 aliphatic rings. The molecule has 2 aromatic heterocycles. The van der Waals surface area contributed by atoms with Crippen LogP contribution < -0.4 is 4.90 Å². The molecule has 0 spiro atoms. The highest BCUT2D eigenvalue weighted by atomic mass is 32.1. The van der Waals surface area contributed by atoms with Gasteiger partial charge in [-0.2, -0.15) is 0 Å². The summed E-state index contributed by atoms with van der Waals surface area (Å²) >= 11 is 1.54. The molecule has 2 aromatic carbocycles. The SMILES string of the molecule is Cc1ccc2sc(N(C[C@@H]3CCCO3)C(=O)c3cc4ccccc4o3)nc2c1C. The third-order valence-corrected chi connectivity index (χ3v) is 6.64. The summed E-state index contributed by atoms with van der Waals surface area (Å²) in [6.07, 6.45) is 2.00. The summed E-state index contributed by atoms with van der Waals surface area (Å²) in [6, 6.07) is 13.7. The molecule has 5 rings (SSSR count). The molecule has 0 N–H and O–H groups in total. The number of para-hydroxylation sites is 1. The van der Waals surface area contributed by atoms with Crippen molar-refractivity contribution in [2.45, 2.75) is 32.8 Å². The number of aryl methyl sites for hydroxylation is 2. The fourth-order valence-corrected chi connectivity index (χ4v) is 4.82. The number of carbonyl (C=O) groups is 1. The Kier molecular flexibility index (Phi) is 4.60. The van der Waals surface area contributed by atoms with Crippen molar-refractivity contribution in [2.24, 2.45) is 0 Å². The van der Waals surface area contributed by atoms with Crippen LogP contribution in [0.2, 0.25) is 0 Å². The van der Waals surface area contributed by atoms with Gasteiger partial charge in [-0.3, -0.25) is 9.69 Å². The number of fused-ring (bicyclic) bond motifs is 2. The fraction of sp³-hybridized carbons (Fsp3) is 0.304. The van der Waals surface area contributed by atoms with E-state index in [1.54, 1.807) is 4.90 Å². The van der Waals surface area contributed by atoms with Gasteiger partial charge in [-0.15, -0.1) is 0 Å². The predicted octanol–water partition coefficient (Wildman–Crippen LogP) is 5.49. The van der Waals surface area contributed by atoms with Crippen molar-refractivity contribution in [1.82, 2.24) is 4.98 Å². The largest absolute Gasteiger partial charge is 0.451 e. The summed E-state index contributed by atoms with van der Waals surface area (Å²) in [5, 5.41) is 1.61. The number of benzene rings is 2. The van der Waals surface area contributed by atoms with E-state index in [1.807, 2.05) is 30.3 Å². The minimum atomic E-state index is -0.176. The topological polar surface area (TPSA) is 55.6 Å². The molecular formula is C23H22N2O3S. The second-order valence-corrected chi connectivity index (χ2v) is 8.56. The molecule has 1 aliphatic heterocycles. The van der Waals surface area contributed by atoms with Crippen LogP contribution in [0.4, 0.5) is 5.13 Å². The van der Waals surface area contributed by atoms with E-state index in [4.69, 9.17) is 14.1 Å². The van der Waals surface area contributed by atoms with Gasteiger partial charge in [0.05, 0.1) is 22.9 Å². The number of amides is 1. The van der Waals surface area contributed by atoms with Crippen molar-refractivity contribution in [2.75, 3.05) is 18.1 Å². The van der Waals surface area contributed by atoms with Crippen LogP contribution in [0.1, 0.15) is 34.5 Å². The number of nitrogens with zero attached hydrogens (tertiary/aromatic N) is 2. The summed E-state index contributed by atoms with van der Waals surface area (Å²) in [4.78, 5) is 20.0. The summed E-state index contributed by atoms with van der Waals surface area (Å²) in [5.74, 6) is 0.154. The van der Waals surface area contributed by atoms with E-state index in [-0.39, 0.29) is 12.0 Å². The Hall–Kier alpha value is -2.70. The summed E-state index contributed by atoms with van der Waals surface area (Å²) in [5.41, 5.74) is 4.02. The molecule has 6 heteroatoms. The average Bonchev–Trinajstić information content (AvgIpc) is 3.47. The Morgan fingerprint density at radius 1 is 1.24 bits per heavy atom. The highest BCUT2D eigenvalue weighted by molar-refractivity contribution is 7.22. The minimum Gasteiger partial charge on any atom is -0.451 e. The number of furan rings is 1. The van der Waals surface area contributed by atoms with E-state index in [9.17, 15) is 4.79 Å². The Morgan fingerprint density at radius 2 is 2.10 bits per heavy atom. The van der Waals surface area contributed by atoms with Crippen molar-refractivity contribution in [1.29, 1.82) is 0 Å². The molecule has 0 bridgehead atoms. The van der Waals surface area contributed by atoms with E-state index in [0.717, 1.165) is 40.6 Å². The standard InChI is InChI=1S/C23H22N2O3S/c1-14-9-10-20-21(15(14)2)24-23(29-20)25(13-17-7-5-11-27-17)22(26)19-12-16-6-3-4-8-18(16)28-19/h3-4,6,8-10,12,17H,5,7,11,13H2,1-2H3/t17-/m0/s1. The van der Waals surface area contributed by atoms with Gasteiger partial charge in [-0.05, 0) is 56.0 Å². The highest BCUT2D eigenvalue weighted by Gasteiger charge is 2.29. The number of rotatable bonds is 4. The molecule has 1 fully saturated rings. The Balaban J connectivity index is 1.57. The first-order chi connectivity index (χ1) is 14.1. The molecule has 1 saturated heterocycles. The lowest BCUT2D eigenvalue weighted by Crippen LogP contribution is -2.37. The van der Waals surface area contributed by atoms with Crippen molar-refractivity contribution in [3.63, 3.8) is 0 Å². The summed E-state index contributed by atoms with van der Waals surface area (Å²) < 4.78 is 12.8. The average molecular weight is 407 g/mol. The zero-order chi connectivity index (χ0) is 20.0. The quantitative estimate of drug-likeness (QED) is 0.450. The monoisotopic (exact) mass is 406 g/mol. The predicted molar refractivity (Wildman–Crippen MR) is 116 cm³/mol. The second-order valence-electron chi connectivity index (χ2n) is 7.55.